The standard InChI is InChI=1S/C12H10.C10H12.C4H10O/c1-3-7-11(8-4-1)12-9-5-2-6-10-12;1-2-6-10-8-4-3-7-9(10)5-1;1-3-5-4-2/h1-10H;1-2,5-6H,3-4,7-8H2;3-4H2,1-2H3. The van der Waals surface area contributed by atoms with Crippen LogP contribution in [0.15, 0.2) is 84.9 Å². The summed E-state index contributed by atoms with van der Waals surface area (Å²) in [5.74, 6) is 0. The van der Waals surface area contributed by atoms with Crippen molar-refractivity contribution in [1.29, 1.82) is 0 Å². The number of hydrogen-bond acceptors (Lipinski definition) is 1. The zero-order valence-electron chi connectivity index (χ0n) is 16.7. The van der Waals surface area contributed by atoms with Crippen LogP contribution in [-0.4, -0.2) is 13.2 Å². The molecule has 0 N–H and O–H groups in total. The molecule has 1 aliphatic rings. The lowest BCUT2D eigenvalue weighted by molar-refractivity contribution is 0.162. The lowest BCUT2D eigenvalue weighted by Crippen LogP contribution is -2.00. The van der Waals surface area contributed by atoms with Crippen LogP contribution in [0.3, 0.4) is 0 Å². The summed E-state index contributed by atoms with van der Waals surface area (Å²) in [6, 6.07) is 29.6. The van der Waals surface area contributed by atoms with Crippen LogP contribution >= 0.6 is 0 Å². The van der Waals surface area contributed by atoms with E-state index in [1.807, 2.05) is 26.0 Å². The number of rotatable bonds is 3. The molecular formula is C26H32O. The van der Waals surface area contributed by atoms with Crippen LogP contribution in [0.4, 0.5) is 0 Å². The van der Waals surface area contributed by atoms with E-state index in [2.05, 4.69) is 72.8 Å². The van der Waals surface area contributed by atoms with Crippen molar-refractivity contribution in [2.24, 2.45) is 0 Å². The summed E-state index contributed by atoms with van der Waals surface area (Å²) in [6.07, 6.45) is 5.38. The first-order valence-electron chi connectivity index (χ1n) is 10.1. The molecule has 0 radical (unpaired) electrons. The zero-order valence-corrected chi connectivity index (χ0v) is 16.7. The first kappa shape index (κ1) is 20.9. The third-order valence-corrected chi connectivity index (χ3v) is 4.55. The summed E-state index contributed by atoms with van der Waals surface area (Å²) in [6.45, 7) is 5.67. The van der Waals surface area contributed by atoms with Crippen LogP contribution in [-0.2, 0) is 17.6 Å². The van der Waals surface area contributed by atoms with Gasteiger partial charge in [-0.05, 0) is 61.8 Å². The van der Waals surface area contributed by atoms with Gasteiger partial charge in [0, 0.05) is 13.2 Å². The van der Waals surface area contributed by atoms with E-state index in [1.165, 1.54) is 36.8 Å². The maximum absolute atomic E-state index is 4.83. The molecule has 0 fully saturated rings. The van der Waals surface area contributed by atoms with Crippen molar-refractivity contribution in [3.63, 3.8) is 0 Å². The fourth-order valence-corrected chi connectivity index (χ4v) is 3.14. The van der Waals surface area contributed by atoms with Crippen molar-refractivity contribution in [3.8, 4) is 11.1 Å². The van der Waals surface area contributed by atoms with E-state index in [1.54, 1.807) is 11.1 Å². The molecule has 0 amide bonds. The van der Waals surface area contributed by atoms with Crippen molar-refractivity contribution in [2.75, 3.05) is 13.2 Å². The van der Waals surface area contributed by atoms with Gasteiger partial charge in [0.25, 0.3) is 0 Å². The molecule has 0 saturated carbocycles. The molecule has 0 aliphatic heterocycles. The quantitative estimate of drug-likeness (QED) is 0.490. The maximum atomic E-state index is 4.83. The van der Waals surface area contributed by atoms with Crippen molar-refractivity contribution in [1.82, 2.24) is 0 Å². The summed E-state index contributed by atoms with van der Waals surface area (Å²) in [5, 5.41) is 0. The summed E-state index contributed by atoms with van der Waals surface area (Å²) in [4.78, 5) is 0. The Kier molecular flexibility index (Phi) is 9.99. The molecule has 142 valence electrons. The highest BCUT2D eigenvalue weighted by atomic mass is 16.5. The van der Waals surface area contributed by atoms with Crippen LogP contribution in [0, 0.1) is 0 Å². The second kappa shape index (κ2) is 12.9. The van der Waals surface area contributed by atoms with Gasteiger partial charge in [-0.1, -0.05) is 84.9 Å². The van der Waals surface area contributed by atoms with Gasteiger partial charge in [0.2, 0.25) is 0 Å². The summed E-state index contributed by atoms with van der Waals surface area (Å²) in [7, 11) is 0. The summed E-state index contributed by atoms with van der Waals surface area (Å²) in [5.41, 5.74) is 5.71. The van der Waals surface area contributed by atoms with Gasteiger partial charge in [0.05, 0.1) is 0 Å². The van der Waals surface area contributed by atoms with Gasteiger partial charge < -0.3 is 4.74 Å². The van der Waals surface area contributed by atoms with Gasteiger partial charge >= 0.3 is 0 Å². The number of aryl methyl sites for hydroxylation is 2. The molecule has 3 aromatic rings. The normalized spacial score (nSPS) is 11.9. The molecule has 0 unspecified atom stereocenters. The lowest BCUT2D eigenvalue weighted by atomic mass is 9.92. The minimum atomic E-state index is 0.844. The van der Waals surface area contributed by atoms with Crippen LogP contribution in [0.1, 0.15) is 37.8 Å². The van der Waals surface area contributed by atoms with Gasteiger partial charge in [-0.2, -0.15) is 0 Å². The van der Waals surface area contributed by atoms with Gasteiger partial charge in [-0.3, -0.25) is 0 Å². The van der Waals surface area contributed by atoms with Crippen LogP contribution in [0.2, 0.25) is 0 Å². The van der Waals surface area contributed by atoms with Crippen LogP contribution in [0.5, 0.6) is 0 Å². The molecular weight excluding hydrogens is 328 g/mol. The van der Waals surface area contributed by atoms with Crippen LogP contribution in [0.25, 0.3) is 11.1 Å². The molecule has 0 atom stereocenters. The monoisotopic (exact) mass is 360 g/mol. The Bertz CT molecular complexity index is 670. The summed E-state index contributed by atoms with van der Waals surface area (Å²) >= 11 is 0. The van der Waals surface area contributed by atoms with Gasteiger partial charge in [-0.15, -0.1) is 0 Å². The Balaban J connectivity index is 0.000000158. The summed E-state index contributed by atoms with van der Waals surface area (Å²) < 4.78 is 4.83. The van der Waals surface area contributed by atoms with E-state index in [9.17, 15) is 0 Å². The molecule has 27 heavy (non-hydrogen) atoms. The highest BCUT2D eigenvalue weighted by molar-refractivity contribution is 5.62. The zero-order chi connectivity index (χ0) is 19.2. The van der Waals surface area contributed by atoms with Crippen molar-refractivity contribution >= 4 is 0 Å². The van der Waals surface area contributed by atoms with Crippen molar-refractivity contribution < 1.29 is 4.74 Å². The van der Waals surface area contributed by atoms with E-state index in [0.29, 0.717) is 0 Å². The van der Waals surface area contributed by atoms with E-state index >= 15 is 0 Å². The average molecular weight is 361 g/mol. The molecule has 0 aromatic heterocycles. The minimum absolute atomic E-state index is 0.844. The fraction of sp³-hybridized carbons (Fsp3) is 0.308. The number of benzene rings is 3. The number of fused-ring (bicyclic) bond motifs is 1. The fourth-order valence-electron chi connectivity index (χ4n) is 3.14. The van der Waals surface area contributed by atoms with E-state index in [-0.39, 0.29) is 0 Å². The number of ether oxygens (including phenoxy) is 1. The van der Waals surface area contributed by atoms with Crippen molar-refractivity contribution in [2.45, 2.75) is 39.5 Å². The molecule has 0 heterocycles. The van der Waals surface area contributed by atoms with Gasteiger partial charge in [0.15, 0.2) is 0 Å². The predicted molar refractivity (Wildman–Crippen MR) is 117 cm³/mol. The molecule has 0 saturated heterocycles. The highest BCUT2D eigenvalue weighted by Gasteiger charge is 2.06. The topological polar surface area (TPSA) is 9.23 Å². The third kappa shape index (κ3) is 7.80. The van der Waals surface area contributed by atoms with E-state index in [4.69, 9.17) is 4.74 Å². The SMILES string of the molecule is CCOCC.c1ccc(-c2ccccc2)cc1.c1ccc2c(c1)CCCC2. The van der Waals surface area contributed by atoms with E-state index < -0.39 is 0 Å². The molecule has 1 nitrogen and oxygen atoms in total. The molecule has 1 aliphatic carbocycles. The molecule has 3 aromatic carbocycles. The largest absolute Gasteiger partial charge is 0.382 e. The Hall–Kier alpha value is -2.38. The van der Waals surface area contributed by atoms with Gasteiger partial charge in [-0.25, -0.2) is 0 Å². The lowest BCUT2D eigenvalue weighted by Gasteiger charge is -2.13. The Labute approximate surface area is 165 Å². The second-order valence-corrected chi connectivity index (χ2v) is 6.49. The Morgan fingerprint density at radius 3 is 1.26 bits per heavy atom. The first-order valence-corrected chi connectivity index (χ1v) is 10.1. The van der Waals surface area contributed by atoms with Crippen molar-refractivity contribution in [3.05, 3.63) is 96.1 Å². The number of hydrogen-bond donors (Lipinski definition) is 0. The smallest absolute Gasteiger partial charge is 0.0437 e. The molecule has 4 rings (SSSR count). The molecule has 0 bridgehead atoms. The average Bonchev–Trinajstić information content (AvgIpc) is 2.77. The van der Waals surface area contributed by atoms with Crippen LogP contribution < -0.4 is 0 Å². The highest BCUT2D eigenvalue weighted by Crippen LogP contribution is 2.20. The predicted octanol–water partition coefficient (Wildman–Crippen LogP) is 6.96. The Morgan fingerprint density at radius 1 is 0.556 bits per heavy atom. The Morgan fingerprint density at radius 2 is 0.926 bits per heavy atom. The first-order chi connectivity index (χ1) is 13.3. The minimum Gasteiger partial charge on any atom is -0.382 e. The molecule has 0 spiro atoms. The molecule has 1 heteroatoms. The van der Waals surface area contributed by atoms with Gasteiger partial charge in [0.1, 0.15) is 0 Å². The van der Waals surface area contributed by atoms with E-state index in [0.717, 1.165) is 13.2 Å². The second-order valence-electron chi connectivity index (χ2n) is 6.49. The maximum Gasteiger partial charge on any atom is 0.0437 e. The third-order valence-electron chi connectivity index (χ3n) is 4.55.